The van der Waals surface area contributed by atoms with E-state index in [1.54, 1.807) is 0 Å². The quantitative estimate of drug-likeness (QED) is 0.700. The van der Waals surface area contributed by atoms with Gasteiger partial charge in [0.2, 0.25) is 0 Å². The highest BCUT2D eigenvalue weighted by Crippen LogP contribution is 2.21. The van der Waals surface area contributed by atoms with E-state index in [1.165, 1.54) is 32.4 Å². The lowest BCUT2D eigenvalue weighted by Crippen LogP contribution is -2.51. The summed E-state index contributed by atoms with van der Waals surface area (Å²) < 4.78 is 0. The second-order valence-corrected chi connectivity index (χ2v) is 6.22. The Morgan fingerprint density at radius 2 is 2.17 bits per heavy atom. The molecule has 1 rings (SSSR count). The molecule has 1 fully saturated rings. The van der Waals surface area contributed by atoms with Crippen LogP contribution in [0.2, 0.25) is 0 Å². The molecule has 2 N–H and O–H groups in total. The Bertz CT molecular complexity index is 227. The highest BCUT2D eigenvalue weighted by Gasteiger charge is 2.28. The fourth-order valence-corrected chi connectivity index (χ4v) is 3.15. The van der Waals surface area contributed by atoms with Crippen LogP contribution in [-0.2, 0) is 0 Å². The summed E-state index contributed by atoms with van der Waals surface area (Å²) in [7, 11) is 0. The summed E-state index contributed by atoms with van der Waals surface area (Å²) in [5.74, 6) is 0. The van der Waals surface area contributed by atoms with E-state index in [0.29, 0.717) is 6.04 Å². The summed E-state index contributed by atoms with van der Waals surface area (Å²) in [6.45, 7) is 11.5. The lowest BCUT2D eigenvalue weighted by molar-refractivity contribution is 0.129. The maximum absolute atomic E-state index is 9.69. The average Bonchev–Trinajstić information content (AvgIpc) is 2.73. The zero-order valence-electron chi connectivity index (χ0n) is 12.7. The van der Waals surface area contributed by atoms with Gasteiger partial charge >= 0.3 is 0 Å². The normalized spacial score (nSPS) is 24.7. The first-order valence-electron chi connectivity index (χ1n) is 7.65. The Morgan fingerprint density at radius 1 is 1.44 bits per heavy atom. The van der Waals surface area contributed by atoms with Crippen LogP contribution in [0.1, 0.15) is 59.8 Å². The number of aliphatic hydroxyl groups is 1. The highest BCUT2D eigenvalue weighted by atomic mass is 16.3. The van der Waals surface area contributed by atoms with Crippen molar-refractivity contribution in [1.29, 1.82) is 0 Å². The van der Waals surface area contributed by atoms with Crippen molar-refractivity contribution in [3.8, 4) is 0 Å². The Kier molecular flexibility index (Phi) is 6.61. The summed E-state index contributed by atoms with van der Waals surface area (Å²) in [5, 5.41) is 13.3. The first-order chi connectivity index (χ1) is 8.53. The number of aliphatic hydroxyl groups excluding tert-OH is 1. The van der Waals surface area contributed by atoms with Gasteiger partial charge in [-0.15, -0.1) is 0 Å². The molecule has 0 aromatic carbocycles. The van der Waals surface area contributed by atoms with Gasteiger partial charge in [0.25, 0.3) is 0 Å². The van der Waals surface area contributed by atoms with Crippen LogP contribution in [0.4, 0.5) is 0 Å². The smallest absolute Gasteiger partial charge is 0.0613 e. The SMILES string of the molecule is CCC(CO)(CCCN1CCCC1C)NC(C)C. The van der Waals surface area contributed by atoms with E-state index in [4.69, 9.17) is 0 Å². The van der Waals surface area contributed by atoms with Gasteiger partial charge < -0.3 is 15.3 Å². The predicted molar refractivity (Wildman–Crippen MR) is 77.9 cm³/mol. The van der Waals surface area contributed by atoms with Crippen LogP contribution in [0.15, 0.2) is 0 Å². The summed E-state index contributed by atoms with van der Waals surface area (Å²) in [6.07, 6.45) is 5.95. The zero-order chi connectivity index (χ0) is 13.6. The molecule has 0 aliphatic carbocycles. The molecular weight excluding hydrogens is 224 g/mol. The Balaban J connectivity index is 2.37. The lowest BCUT2D eigenvalue weighted by Gasteiger charge is -2.35. The largest absolute Gasteiger partial charge is 0.394 e. The van der Waals surface area contributed by atoms with E-state index in [2.05, 4.69) is 37.9 Å². The standard InChI is InChI=1S/C15H32N2O/c1-5-15(12-18,16-13(2)3)9-7-11-17-10-6-8-14(17)4/h13-14,16,18H,5-12H2,1-4H3. The fraction of sp³-hybridized carbons (Fsp3) is 1.00. The minimum atomic E-state index is -0.0723. The molecule has 0 aromatic heterocycles. The van der Waals surface area contributed by atoms with Crippen LogP contribution in [0.3, 0.4) is 0 Å². The number of likely N-dealkylation sites (tertiary alicyclic amines) is 1. The Hall–Kier alpha value is -0.120. The van der Waals surface area contributed by atoms with Crippen molar-refractivity contribution in [2.24, 2.45) is 0 Å². The van der Waals surface area contributed by atoms with Gasteiger partial charge in [-0.25, -0.2) is 0 Å². The van der Waals surface area contributed by atoms with Gasteiger partial charge in [0.15, 0.2) is 0 Å². The molecule has 0 aromatic rings. The molecule has 3 nitrogen and oxygen atoms in total. The zero-order valence-corrected chi connectivity index (χ0v) is 12.7. The minimum absolute atomic E-state index is 0.0723. The highest BCUT2D eigenvalue weighted by molar-refractivity contribution is 4.88. The van der Waals surface area contributed by atoms with Crippen molar-refractivity contribution in [2.75, 3.05) is 19.7 Å². The maximum atomic E-state index is 9.69. The monoisotopic (exact) mass is 256 g/mol. The van der Waals surface area contributed by atoms with Crippen LogP contribution >= 0.6 is 0 Å². The molecule has 108 valence electrons. The van der Waals surface area contributed by atoms with Crippen LogP contribution < -0.4 is 5.32 Å². The maximum Gasteiger partial charge on any atom is 0.0613 e. The molecule has 18 heavy (non-hydrogen) atoms. The third-order valence-corrected chi connectivity index (χ3v) is 4.37. The molecule has 1 heterocycles. The third-order valence-electron chi connectivity index (χ3n) is 4.37. The van der Waals surface area contributed by atoms with Crippen molar-refractivity contribution in [3.05, 3.63) is 0 Å². The van der Waals surface area contributed by atoms with E-state index in [-0.39, 0.29) is 12.1 Å². The number of nitrogens with zero attached hydrogens (tertiary/aromatic N) is 1. The van der Waals surface area contributed by atoms with Gasteiger partial charge in [0.1, 0.15) is 0 Å². The Labute approximate surface area is 113 Å². The van der Waals surface area contributed by atoms with Gasteiger partial charge in [-0.2, -0.15) is 0 Å². The molecule has 1 aliphatic rings. The molecule has 0 bridgehead atoms. The van der Waals surface area contributed by atoms with Crippen molar-refractivity contribution in [3.63, 3.8) is 0 Å². The molecule has 1 saturated heterocycles. The van der Waals surface area contributed by atoms with Gasteiger partial charge in [0.05, 0.1) is 6.61 Å². The second kappa shape index (κ2) is 7.46. The summed E-state index contributed by atoms with van der Waals surface area (Å²) >= 11 is 0. The predicted octanol–water partition coefficient (Wildman–Crippen LogP) is 2.39. The molecule has 2 unspecified atom stereocenters. The number of hydrogen-bond acceptors (Lipinski definition) is 3. The lowest BCUT2D eigenvalue weighted by atomic mass is 9.90. The molecule has 2 atom stereocenters. The molecular formula is C15H32N2O. The molecule has 0 radical (unpaired) electrons. The van der Waals surface area contributed by atoms with E-state index in [0.717, 1.165) is 18.9 Å². The summed E-state index contributed by atoms with van der Waals surface area (Å²) in [5.41, 5.74) is -0.0723. The topological polar surface area (TPSA) is 35.5 Å². The van der Waals surface area contributed by atoms with Crippen LogP contribution in [0.5, 0.6) is 0 Å². The minimum Gasteiger partial charge on any atom is -0.394 e. The van der Waals surface area contributed by atoms with Crippen LogP contribution in [0.25, 0.3) is 0 Å². The summed E-state index contributed by atoms with van der Waals surface area (Å²) in [4.78, 5) is 2.59. The van der Waals surface area contributed by atoms with E-state index in [9.17, 15) is 5.11 Å². The van der Waals surface area contributed by atoms with Gasteiger partial charge in [0, 0.05) is 17.6 Å². The molecule has 3 heteroatoms. The van der Waals surface area contributed by atoms with Gasteiger partial charge in [-0.1, -0.05) is 20.8 Å². The van der Waals surface area contributed by atoms with Crippen molar-refractivity contribution in [2.45, 2.75) is 77.4 Å². The molecule has 0 saturated carbocycles. The van der Waals surface area contributed by atoms with Crippen LogP contribution in [-0.4, -0.2) is 47.3 Å². The number of rotatable bonds is 8. The van der Waals surface area contributed by atoms with Gasteiger partial charge in [-0.3, -0.25) is 0 Å². The fourth-order valence-electron chi connectivity index (χ4n) is 3.15. The summed E-state index contributed by atoms with van der Waals surface area (Å²) in [6, 6.07) is 1.19. The van der Waals surface area contributed by atoms with E-state index < -0.39 is 0 Å². The van der Waals surface area contributed by atoms with Crippen molar-refractivity contribution in [1.82, 2.24) is 10.2 Å². The third kappa shape index (κ3) is 4.52. The van der Waals surface area contributed by atoms with E-state index in [1.807, 2.05) is 0 Å². The average molecular weight is 256 g/mol. The van der Waals surface area contributed by atoms with E-state index >= 15 is 0 Å². The van der Waals surface area contributed by atoms with Crippen molar-refractivity contribution >= 4 is 0 Å². The molecule has 1 aliphatic heterocycles. The Morgan fingerprint density at radius 3 is 2.61 bits per heavy atom. The van der Waals surface area contributed by atoms with Gasteiger partial charge in [-0.05, 0) is 52.1 Å². The van der Waals surface area contributed by atoms with Crippen molar-refractivity contribution < 1.29 is 5.11 Å². The first-order valence-corrected chi connectivity index (χ1v) is 7.65. The number of nitrogens with one attached hydrogen (secondary N) is 1. The molecule has 0 spiro atoms. The molecule has 0 amide bonds. The number of hydrogen-bond donors (Lipinski definition) is 2. The first kappa shape index (κ1) is 15.9. The van der Waals surface area contributed by atoms with Crippen LogP contribution in [0, 0.1) is 0 Å². The second-order valence-electron chi connectivity index (χ2n) is 6.22.